The summed E-state index contributed by atoms with van der Waals surface area (Å²) in [4.78, 5) is 8.27. The van der Waals surface area contributed by atoms with Gasteiger partial charge in [0.25, 0.3) is 0 Å². The van der Waals surface area contributed by atoms with Crippen LogP contribution in [0, 0.1) is 0 Å². The third-order valence-electron chi connectivity index (χ3n) is 2.51. The molecule has 0 aliphatic heterocycles. The fourth-order valence-corrected chi connectivity index (χ4v) is 1.18. The van der Waals surface area contributed by atoms with E-state index in [9.17, 15) is 4.39 Å². The lowest BCUT2D eigenvalue weighted by Gasteiger charge is -2.08. The monoisotopic (exact) mass is 210 g/mol. The second-order valence-corrected chi connectivity index (χ2v) is 4.37. The number of halogens is 1. The molecule has 0 saturated heterocycles. The molecular formula is C11H15FN2O. The lowest BCUT2D eigenvalue weighted by atomic mass is 10.1. The molecule has 1 heterocycles. The average molecular weight is 210 g/mol. The van der Waals surface area contributed by atoms with E-state index in [2.05, 4.69) is 9.97 Å². The van der Waals surface area contributed by atoms with Crippen molar-refractivity contribution in [1.82, 2.24) is 9.97 Å². The third kappa shape index (κ3) is 2.64. The summed E-state index contributed by atoms with van der Waals surface area (Å²) >= 11 is 0. The Morgan fingerprint density at radius 1 is 1.40 bits per heavy atom. The molecule has 0 spiro atoms. The summed E-state index contributed by atoms with van der Waals surface area (Å²) in [6, 6.07) is 0. The molecule has 1 aromatic rings. The van der Waals surface area contributed by atoms with Gasteiger partial charge >= 0.3 is 0 Å². The second-order valence-electron chi connectivity index (χ2n) is 4.37. The summed E-state index contributed by atoms with van der Waals surface area (Å²) < 4.78 is 18.4. The average Bonchev–Trinajstić information content (AvgIpc) is 2.95. The highest BCUT2D eigenvalue weighted by Gasteiger charge is 2.44. The van der Waals surface area contributed by atoms with Crippen LogP contribution in [0.4, 0.5) is 4.39 Å². The van der Waals surface area contributed by atoms with Gasteiger partial charge in [0.1, 0.15) is 12.3 Å². The SMILES string of the molecule is CC(C)c1cnc(OCC2(F)CC2)cn1. The van der Waals surface area contributed by atoms with Gasteiger partial charge in [-0.1, -0.05) is 13.8 Å². The van der Waals surface area contributed by atoms with Crippen LogP contribution in [0.25, 0.3) is 0 Å². The van der Waals surface area contributed by atoms with Crippen LogP contribution < -0.4 is 4.74 Å². The highest BCUT2D eigenvalue weighted by molar-refractivity contribution is 5.10. The summed E-state index contributed by atoms with van der Waals surface area (Å²) in [5.74, 6) is 0.755. The van der Waals surface area contributed by atoms with Crippen molar-refractivity contribution in [2.45, 2.75) is 38.3 Å². The van der Waals surface area contributed by atoms with E-state index in [1.165, 1.54) is 0 Å². The maximum absolute atomic E-state index is 13.2. The van der Waals surface area contributed by atoms with Crippen molar-refractivity contribution < 1.29 is 9.13 Å². The van der Waals surface area contributed by atoms with Crippen LogP contribution in [0.1, 0.15) is 38.3 Å². The molecule has 1 fully saturated rings. The van der Waals surface area contributed by atoms with Crippen LogP contribution in [0.3, 0.4) is 0 Å². The van der Waals surface area contributed by atoms with Crippen LogP contribution in [-0.4, -0.2) is 22.2 Å². The molecule has 3 nitrogen and oxygen atoms in total. The van der Waals surface area contributed by atoms with Crippen LogP contribution in [0.2, 0.25) is 0 Å². The van der Waals surface area contributed by atoms with Crippen molar-refractivity contribution in [3.05, 3.63) is 18.1 Å². The van der Waals surface area contributed by atoms with Crippen LogP contribution in [0.15, 0.2) is 12.4 Å². The van der Waals surface area contributed by atoms with Crippen LogP contribution in [-0.2, 0) is 0 Å². The molecule has 0 amide bonds. The summed E-state index contributed by atoms with van der Waals surface area (Å²) in [5, 5.41) is 0. The highest BCUT2D eigenvalue weighted by Crippen LogP contribution is 2.39. The molecule has 0 bridgehead atoms. The summed E-state index contributed by atoms with van der Waals surface area (Å²) in [6.45, 7) is 4.19. The Hall–Kier alpha value is -1.19. The molecule has 0 unspecified atom stereocenters. The first-order chi connectivity index (χ1) is 7.09. The molecule has 0 atom stereocenters. The van der Waals surface area contributed by atoms with E-state index in [4.69, 9.17) is 4.74 Å². The fraction of sp³-hybridized carbons (Fsp3) is 0.636. The first-order valence-corrected chi connectivity index (χ1v) is 5.23. The lowest BCUT2D eigenvalue weighted by molar-refractivity contribution is 0.172. The number of hydrogen-bond donors (Lipinski definition) is 0. The van der Waals surface area contributed by atoms with Gasteiger partial charge in [-0.05, 0) is 18.8 Å². The van der Waals surface area contributed by atoms with Crippen molar-refractivity contribution in [2.24, 2.45) is 0 Å². The predicted octanol–water partition coefficient (Wildman–Crippen LogP) is 2.48. The van der Waals surface area contributed by atoms with Crippen LogP contribution >= 0.6 is 0 Å². The Morgan fingerprint density at radius 2 is 2.13 bits per heavy atom. The molecule has 1 aliphatic carbocycles. The summed E-state index contributed by atoms with van der Waals surface area (Å²) in [7, 11) is 0. The van der Waals surface area contributed by atoms with Gasteiger partial charge in [-0.15, -0.1) is 0 Å². The van der Waals surface area contributed by atoms with Gasteiger partial charge in [-0.3, -0.25) is 4.98 Å². The Morgan fingerprint density at radius 3 is 2.60 bits per heavy atom. The van der Waals surface area contributed by atoms with Gasteiger partial charge in [-0.25, -0.2) is 9.37 Å². The van der Waals surface area contributed by atoms with Gasteiger partial charge in [0.05, 0.1) is 18.1 Å². The van der Waals surface area contributed by atoms with Gasteiger partial charge in [0.2, 0.25) is 5.88 Å². The lowest BCUT2D eigenvalue weighted by Crippen LogP contribution is -2.14. The number of aromatic nitrogens is 2. The molecule has 82 valence electrons. The first kappa shape index (κ1) is 10.3. The zero-order valence-corrected chi connectivity index (χ0v) is 9.03. The summed E-state index contributed by atoms with van der Waals surface area (Å²) in [5.41, 5.74) is -0.179. The normalized spacial score (nSPS) is 17.9. The Labute approximate surface area is 88.7 Å². The maximum Gasteiger partial charge on any atom is 0.232 e. The van der Waals surface area contributed by atoms with Gasteiger partial charge in [0.15, 0.2) is 0 Å². The molecular weight excluding hydrogens is 195 g/mol. The van der Waals surface area contributed by atoms with Crippen molar-refractivity contribution >= 4 is 0 Å². The second kappa shape index (κ2) is 3.76. The standard InChI is InChI=1S/C11H15FN2O/c1-8(2)9-5-14-10(6-13-9)15-7-11(12)3-4-11/h5-6,8H,3-4,7H2,1-2H3. The van der Waals surface area contributed by atoms with Gasteiger partial charge in [-0.2, -0.15) is 0 Å². The number of hydrogen-bond acceptors (Lipinski definition) is 3. The molecule has 0 radical (unpaired) electrons. The van der Waals surface area contributed by atoms with E-state index in [-0.39, 0.29) is 6.61 Å². The molecule has 1 aliphatic rings. The van der Waals surface area contributed by atoms with E-state index in [1.54, 1.807) is 12.4 Å². The molecule has 1 saturated carbocycles. The Bertz CT molecular complexity index is 333. The largest absolute Gasteiger partial charge is 0.473 e. The smallest absolute Gasteiger partial charge is 0.232 e. The predicted molar refractivity (Wildman–Crippen MR) is 54.7 cm³/mol. The molecule has 4 heteroatoms. The minimum absolute atomic E-state index is 0.0999. The van der Waals surface area contributed by atoms with E-state index >= 15 is 0 Å². The molecule has 0 N–H and O–H groups in total. The molecule has 2 rings (SSSR count). The molecule has 15 heavy (non-hydrogen) atoms. The van der Waals surface area contributed by atoms with Crippen molar-refractivity contribution in [2.75, 3.05) is 6.61 Å². The first-order valence-electron chi connectivity index (χ1n) is 5.23. The van der Waals surface area contributed by atoms with E-state index in [0.29, 0.717) is 24.6 Å². The third-order valence-corrected chi connectivity index (χ3v) is 2.51. The molecule has 1 aromatic heterocycles. The Kier molecular flexibility index (Phi) is 2.59. The summed E-state index contributed by atoms with van der Waals surface area (Å²) in [6.07, 6.45) is 4.44. The van der Waals surface area contributed by atoms with Gasteiger partial charge < -0.3 is 4.74 Å². The van der Waals surface area contributed by atoms with Crippen LogP contribution in [0.5, 0.6) is 5.88 Å². The topological polar surface area (TPSA) is 35.0 Å². The van der Waals surface area contributed by atoms with Crippen molar-refractivity contribution in [3.8, 4) is 5.88 Å². The van der Waals surface area contributed by atoms with Crippen molar-refractivity contribution in [3.63, 3.8) is 0 Å². The zero-order chi connectivity index (χ0) is 10.9. The maximum atomic E-state index is 13.2. The van der Waals surface area contributed by atoms with E-state index < -0.39 is 5.67 Å². The number of alkyl halides is 1. The zero-order valence-electron chi connectivity index (χ0n) is 9.03. The van der Waals surface area contributed by atoms with E-state index in [1.807, 2.05) is 13.8 Å². The minimum atomic E-state index is -1.10. The minimum Gasteiger partial charge on any atom is -0.473 e. The van der Waals surface area contributed by atoms with Gasteiger partial charge in [0, 0.05) is 0 Å². The molecule has 0 aromatic carbocycles. The number of nitrogens with zero attached hydrogens (tertiary/aromatic N) is 2. The Balaban J connectivity index is 1.92. The quantitative estimate of drug-likeness (QED) is 0.765. The fourth-order valence-electron chi connectivity index (χ4n) is 1.18. The van der Waals surface area contributed by atoms with Crippen molar-refractivity contribution in [1.29, 1.82) is 0 Å². The number of rotatable bonds is 4. The highest BCUT2D eigenvalue weighted by atomic mass is 19.1. The van der Waals surface area contributed by atoms with E-state index in [0.717, 1.165) is 5.69 Å². The number of ether oxygens (including phenoxy) is 1.